The summed E-state index contributed by atoms with van der Waals surface area (Å²) < 4.78 is 10.7. The molecule has 0 unspecified atom stereocenters. The highest BCUT2D eigenvalue weighted by atomic mass is 16.6. The molecule has 7 atom stereocenters. The summed E-state index contributed by atoms with van der Waals surface area (Å²) in [7, 11) is 0. The van der Waals surface area contributed by atoms with E-state index in [0.717, 1.165) is 43.2 Å². The highest BCUT2D eigenvalue weighted by Crippen LogP contribution is 2.66. The van der Waals surface area contributed by atoms with Crippen LogP contribution in [-0.4, -0.2) is 30.5 Å². The van der Waals surface area contributed by atoms with Crippen LogP contribution in [0.4, 0.5) is 4.79 Å². The lowest BCUT2D eigenvalue weighted by Crippen LogP contribution is -2.54. The first kappa shape index (κ1) is 21.6. The van der Waals surface area contributed by atoms with Crippen LogP contribution in [0.3, 0.4) is 0 Å². The lowest BCUT2D eigenvalue weighted by Gasteiger charge is -2.60. The summed E-state index contributed by atoms with van der Waals surface area (Å²) in [5, 5.41) is 4.37. The Morgan fingerprint density at radius 1 is 1.07 bits per heavy atom. The van der Waals surface area contributed by atoms with Gasteiger partial charge in [0, 0.05) is 18.1 Å². The minimum Gasteiger partial charge on any atom is -0.462 e. The molecule has 168 valence electrons. The first-order valence-electron chi connectivity index (χ1n) is 11.9. The van der Waals surface area contributed by atoms with E-state index in [1.165, 1.54) is 32.1 Å². The molecule has 0 radical (unpaired) electrons. The number of hydrazone groups is 1. The van der Waals surface area contributed by atoms with Gasteiger partial charge in [0.15, 0.2) is 0 Å². The highest BCUT2D eigenvalue weighted by molar-refractivity contribution is 5.86. The molecule has 4 saturated carbocycles. The van der Waals surface area contributed by atoms with Gasteiger partial charge in [-0.1, -0.05) is 13.8 Å². The van der Waals surface area contributed by atoms with Crippen LogP contribution in [0, 0.1) is 34.5 Å². The van der Waals surface area contributed by atoms with Crippen LogP contribution >= 0.6 is 0 Å². The maximum Gasteiger partial charge on any atom is 0.427 e. The van der Waals surface area contributed by atoms with Crippen molar-refractivity contribution in [2.24, 2.45) is 39.6 Å². The number of fused-ring (bicyclic) bond motifs is 5. The lowest BCUT2D eigenvalue weighted by atomic mass is 9.45. The highest BCUT2D eigenvalue weighted by Gasteiger charge is 2.60. The molecule has 4 aliphatic carbocycles. The van der Waals surface area contributed by atoms with Crippen LogP contribution in [-0.2, 0) is 14.3 Å². The van der Waals surface area contributed by atoms with Crippen LogP contribution in [0.5, 0.6) is 0 Å². The predicted octanol–water partition coefficient (Wildman–Crippen LogP) is 5.06. The zero-order valence-corrected chi connectivity index (χ0v) is 19.0. The Morgan fingerprint density at radius 2 is 1.83 bits per heavy atom. The standard InChI is InChI=1S/C24H38N2O4/c1-5-29-22(28)26-25-17-10-12-23(3)16(14-17)6-7-18-19-8-9-21(30-15(2)27)24(19,4)13-11-20(18)23/h16,18-21H,5-14H2,1-4H3,(H,26,28)/t16-,18-,19-,20-,21-,23-,24-/m0/s1. The first-order valence-corrected chi connectivity index (χ1v) is 11.9. The van der Waals surface area contributed by atoms with Gasteiger partial charge in [-0.15, -0.1) is 0 Å². The van der Waals surface area contributed by atoms with Crippen molar-refractivity contribution in [2.75, 3.05) is 6.61 Å². The van der Waals surface area contributed by atoms with Gasteiger partial charge >= 0.3 is 12.1 Å². The van der Waals surface area contributed by atoms with Gasteiger partial charge in [0.1, 0.15) is 6.10 Å². The van der Waals surface area contributed by atoms with Crippen LogP contribution in [0.15, 0.2) is 5.10 Å². The van der Waals surface area contributed by atoms with Crippen molar-refractivity contribution >= 4 is 17.8 Å². The van der Waals surface area contributed by atoms with Gasteiger partial charge in [-0.2, -0.15) is 5.10 Å². The van der Waals surface area contributed by atoms with Gasteiger partial charge in [-0.25, -0.2) is 10.2 Å². The summed E-state index contributed by atoms with van der Waals surface area (Å²) in [6, 6.07) is 0. The van der Waals surface area contributed by atoms with Gasteiger partial charge in [0.2, 0.25) is 0 Å². The summed E-state index contributed by atoms with van der Waals surface area (Å²) in [4.78, 5) is 23.2. The maximum absolute atomic E-state index is 11.6. The van der Waals surface area contributed by atoms with Crippen molar-refractivity contribution in [1.82, 2.24) is 5.43 Å². The molecule has 0 aromatic heterocycles. The second-order valence-corrected chi connectivity index (χ2v) is 10.6. The summed E-state index contributed by atoms with van der Waals surface area (Å²) in [5.41, 5.74) is 4.18. The molecule has 0 aliphatic heterocycles. The molecule has 4 aliphatic rings. The van der Waals surface area contributed by atoms with Crippen molar-refractivity contribution in [3.63, 3.8) is 0 Å². The van der Waals surface area contributed by atoms with E-state index in [-0.39, 0.29) is 17.5 Å². The van der Waals surface area contributed by atoms with Gasteiger partial charge in [0.05, 0.1) is 6.61 Å². The van der Waals surface area contributed by atoms with Crippen LogP contribution < -0.4 is 5.43 Å². The van der Waals surface area contributed by atoms with E-state index < -0.39 is 6.09 Å². The Morgan fingerprint density at radius 3 is 2.57 bits per heavy atom. The third kappa shape index (κ3) is 3.64. The van der Waals surface area contributed by atoms with E-state index in [2.05, 4.69) is 24.4 Å². The van der Waals surface area contributed by atoms with Crippen LogP contribution in [0.1, 0.15) is 85.5 Å². The largest absolute Gasteiger partial charge is 0.462 e. The smallest absolute Gasteiger partial charge is 0.427 e. The van der Waals surface area contributed by atoms with E-state index >= 15 is 0 Å². The van der Waals surface area contributed by atoms with Gasteiger partial charge < -0.3 is 9.47 Å². The van der Waals surface area contributed by atoms with E-state index in [1.54, 1.807) is 13.8 Å². The fourth-order valence-corrected chi connectivity index (χ4v) is 7.80. The number of amides is 1. The molecule has 1 amide bonds. The average molecular weight is 419 g/mol. The summed E-state index contributed by atoms with van der Waals surface area (Å²) in [6.07, 6.45) is 9.90. The van der Waals surface area contributed by atoms with E-state index in [9.17, 15) is 9.59 Å². The van der Waals surface area contributed by atoms with Crippen molar-refractivity contribution in [1.29, 1.82) is 0 Å². The fraction of sp³-hybridized carbons (Fsp3) is 0.875. The van der Waals surface area contributed by atoms with Crippen molar-refractivity contribution in [3.8, 4) is 0 Å². The molecule has 0 aromatic rings. The molecule has 0 bridgehead atoms. The van der Waals surface area contributed by atoms with E-state index in [0.29, 0.717) is 23.9 Å². The Kier molecular flexibility index (Phi) is 5.88. The second kappa shape index (κ2) is 8.16. The molecule has 4 fully saturated rings. The number of nitrogens with zero attached hydrogens (tertiary/aromatic N) is 1. The summed E-state index contributed by atoms with van der Waals surface area (Å²) in [6.45, 7) is 8.61. The normalized spacial score (nSPS) is 43.9. The molecule has 4 rings (SSSR count). The number of hydrogen-bond acceptors (Lipinski definition) is 5. The Hall–Kier alpha value is -1.59. The lowest BCUT2D eigenvalue weighted by molar-refractivity contribution is -0.160. The quantitative estimate of drug-likeness (QED) is 0.513. The molecule has 6 nitrogen and oxygen atoms in total. The first-order chi connectivity index (χ1) is 14.3. The molecule has 30 heavy (non-hydrogen) atoms. The molecule has 0 aromatic carbocycles. The SMILES string of the molecule is CCOC(=O)NN=C1CC[C@@]2(C)[C@@H](CC[C@@H]3[C@@H]2CC[C@]2(C)[C@@H](OC(C)=O)CC[C@@H]32)C1. The van der Waals surface area contributed by atoms with Gasteiger partial charge in [-0.05, 0) is 93.8 Å². The number of carbonyl (C=O) groups is 2. The predicted molar refractivity (Wildman–Crippen MR) is 115 cm³/mol. The van der Waals surface area contributed by atoms with E-state index in [1.807, 2.05) is 0 Å². The van der Waals surface area contributed by atoms with Gasteiger partial charge in [-0.3, -0.25) is 4.79 Å². The second-order valence-electron chi connectivity index (χ2n) is 10.6. The third-order valence-corrected chi connectivity index (χ3v) is 9.30. The fourth-order valence-electron chi connectivity index (χ4n) is 7.80. The molecule has 0 saturated heterocycles. The number of rotatable bonds is 3. The number of hydrogen-bond donors (Lipinski definition) is 1. The summed E-state index contributed by atoms with van der Waals surface area (Å²) in [5.74, 6) is 2.70. The molecular weight excluding hydrogens is 380 g/mol. The van der Waals surface area contributed by atoms with Gasteiger partial charge in [0.25, 0.3) is 0 Å². The molecule has 6 heteroatoms. The minimum atomic E-state index is -0.461. The number of ether oxygens (including phenoxy) is 2. The summed E-state index contributed by atoms with van der Waals surface area (Å²) >= 11 is 0. The molecule has 1 N–H and O–H groups in total. The topological polar surface area (TPSA) is 77.0 Å². The van der Waals surface area contributed by atoms with Crippen molar-refractivity contribution in [2.45, 2.75) is 91.6 Å². The van der Waals surface area contributed by atoms with Crippen LogP contribution in [0.25, 0.3) is 0 Å². The maximum atomic E-state index is 11.6. The minimum absolute atomic E-state index is 0.102. The average Bonchev–Trinajstić information content (AvgIpc) is 3.02. The van der Waals surface area contributed by atoms with Crippen LogP contribution in [0.2, 0.25) is 0 Å². The Labute approximate surface area is 180 Å². The monoisotopic (exact) mass is 418 g/mol. The molecular formula is C24H38N2O4. The Bertz CT molecular complexity index is 722. The third-order valence-electron chi connectivity index (χ3n) is 9.30. The molecule has 0 spiro atoms. The zero-order valence-electron chi connectivity index (χ0n) is 19.0. The number of nitrogens with one attached hydrogen (secondary N) is 1. The zero-order chi connectivity index (χ0) is 21.5. The van der Waals surface area contributed by atoms with E-state index in [4.69, 9.17) is 9.47 Å². The van der Waals surface area contributed by atoms with Crippen molar-refractivity contribution < 1.29 is 19.1 Å². The number of esters is 1. The number of carbonyl (C=O) groups excluding carboxylic acids is 2. The Balaban J connectivity index is 1.45. The van der Waals surface area contributed by atoms with Crippen molar-refractivity contribution in [3.05, 3.63) is 0 Å². The molecule has 0 heterocycles.